The van der Waals surface area contributed by atoms with Gasteiger partial charge in [-0.3, -0.25) is 0 Å². The third-order valence-corrected chi connectivity index (χ3v) is 12.1. The molecule has 2 aliphatic carbocycles. The summed E-state index contributed by atoms with van der Waals surface area (Å²) in [7, 11) is 0. The molecule has 7 aromatic carbocycles. The highest BCUT2D eigenvalue weighted by molar-refractivity contribution is 6.12. The van der Waals surface area contributed by atoms with Crippen molar-refractivity contribution < 1.29 is 0 Å². The standard InChI is InChI=1S/C57H42N4/c1-6-18-39(19-7-1)44-32-33-52-51(38-44)54-50(30-17-31-53(54)61(52)49-36-47(40-20-8-2-9-21-40)35-48(37-49)41-22-10-3-11-23-41)45-28-16-29-46(34-45)57-59-55(42-24-12-4-13-25-42)58-56(60-57)43-26-14-5-15-27-43/h1-6,8-18,20-33,35-38,45H,7,19,34H2. The van der Waals surface area contributed by atoms with E-state index in [1.165, 1.54) is 60.8 Å². The minimum absolute atomic E-state index is 0.0934. The Morgan fingerprint density at radius 3 is 1.64 bits per heavy atom. The van der Waals surface area contributed by atoms with E-state index in [1.54, 1.807) is 0 Å². The SMILES string of the molecule is C1=CCCC(c2ccc3c(c2)c2c(C4C=CC=C(c5nc(-c6ccccc6)nc(-c6ccccc6)n5)C4)cccc2n3-c2cc(-c3ccccc3)cc(-c3ccccc3)c2)=C1. The first kappa shape index (κ1) is 36.4. The van der Waals surface area contributed by atoms with E-state index in [0.717, 1.165) is 41.6 Å². The quantitative estimate of drug-likeness (QED) is 0.154. The van der Waals surface area contributed by atoms with Crippen molar-refractivity contribution in [1.29, 1.82) is 0 Å². The van der Waals surface area contributed by atoms with Crippen LogP contribution < -0.4 is 0 Å². The highest BCUT2D eigenvalue weighted by atomic mass is 15.0. The van der Waals surface area contributed by atoms with Crippen LogP contribution in [0.3, 0.4) is 0 Å². The maximum absolute atomic E-state index is 5.13. The first-order valence-electron chi connectivity index (χ1n) is 21.2. The van der Waals surface area contributed by atoms with Crippen LogP contribution >= 0.6 is 0 Å². The van der Waals surface area contributed by atoms with Crippen molar-refractivity contribution in [3.63, 3.8) is 0 Å². The van der Waals surface area contributed by atoms with Crippen LogP contribution in [0.5, 0.6) is 0 Å². The molecule has 1 unspecified atom stereocenters. The van der Waals surface area contributed by atoms with Gasteiger partial charge in [0.15, 0.2) is 17.5 Å². The number of hydrogen-bond acceptors (Lipinski definition) is 3. The first-order valence-corrected chi connectivity index (χ1v) is 21.2. The van der Waals surface area contributed by atoms with Crippen molar-refractivity contribution in [2.45, 2.75) is 25.2 Å². The zero-order valence-corrected chi connectivity index (χ0v) is 33.7. The predicted molar refractivity (Wildman–Crippen MR) is 253 cm³/mol. The Morgan fingerprint density at radius 2 is 1.03 bits per heavy atom. The normalized spacial score (nSPS) is 14.9. The second-order valence-corrected chi connectivity index (χ2v) is 15.9. The van der Waals surface area contributed by atoms with Gasteiger partial charge in [0, 0.05) is 33.5 Å². The number of nitrogens with zero attached hydrogens (tertiary/aromatic N) is 4. The predicted octanol–water partition coefficient (Wildman–Crippen LogP) is 14.5. The van der Waals surface area contributed by atoms with E-state index in [1.807, 2.05) is 36.4 Å². The summed E-state index contributed by atoms with van der Waals surface area (Å²) in [6.45, 7) is 0. The number of benzene rings is 7. The number of aromatic nitrogens is 4. The number of hydrogen-bond donors (Lipinski definition) is 0. The summed E-state index contributed by atoms with van der Waals surface area (Å²) in [5, 5.41) is 2.53. The summed E-state index contributed by atoms with van der Waals surface area (Å²) in [5.74, 6) is 2.15. The summed E-state index contributed by atoms with van der Waals surface area (Å²) >= 11 is 0. The fourth-order valence-electron chi connectivity index (χ4n) is 9.07. The second kappa shape index (κ2) is 15.8. The third kappa shape index (κ3) is 7.02. The Labute approximate surface area is 356 Å². The molecule has 0 amide bonds. The van der Waals surface area contributed by atoms with Gasteiger partial charge in [-0.15, -0.1) is 0 Å². The monoisotopic (exact) mass is 782 g/mol. The molecule has 4 nitrogen and oxygen atoms in total. The van der Waals surface area contributed by atoms with Crippen molar-refractivity contribution in [3.8, 4) is 50.7 Å². The fourth-order valence-corrected chi connectivity index (χ4v) is 9.07. The molecule has 0 saturated carbocycles. The fraction of sp³-hybridized carbons (Fsp3) is 0.0702. The maximum atomic E-state index is 5.13. The molecule has 9 aromatic rings. The van der Waals surface area contributed by atoms with Crippen molar-refractivity contribution in [2.24, 2.45) is 0 Å². The molecule has 0 spiro atoms. The molecule has 1 atom stereocenters. The van der Waals surface area contributed by atoms with Crippen LogP contribution in [0.1, 0.15) is 42.1 Å². The van der Waals surface area contributed by atoms with Gasteiger partial charge in [-0.1, -0.05) is 176 Å². The molecule has 2 aliphatic rings. The van der Waals surface area contributed by atoms with E-state index < -0.39 is 0 Å². The van der Waals surface area contributed by atoms with E-state index in [2.05, 4.69) is 181 Å². The summed E-state index contributed by atoms with van der Waals surface area (Å²) in [5.41, 5.74) is 15.2. The molecule has 4 heteroatoms. The molecule has 0 N–H and O–H groups in total. The lowest BCUT2D eigenvalue weighted by Crippen LogP contribution is -2.07. The van der Waals surface area contributed by atoms with Crippen LogP contribution in [0, 0.1) is 0 Å². The molecule has 290 valence electrons. The van der Waals surface area contributed by atoms with Gasteiger partial charge in [0.2, 0.25) is 0 Å². The average molecular weight is 783 g/mol. The molecule has 0 aliphatic heterocycles. The lowest BCUT2D eigenvalue weighted by atomic mass is 9.85. The van der Waals surface area contributed by atoms with Crippen molar-refractivity contribution in [3.05, 3.63) is 229 Å². The van der Waals surface area contributed by atoms with Crippen molar-refractivity contribution in [1.82, 2.24) is 19.5 Å². The molecule has 0 fully saturated rings. The summed E-state index contributed by atoms with van der Waals surface area (Å²) < 4.78 is 2.49. The van der Waals surface area contributed by atoms with Crippen LogP contribution in [-0.4, -0.2) is 19.5 Å². The average Bonchev–Trinajstić information content (AvgIpc) is 3.69. The van der Waals surface area contributed by atoms with Gasteiger partial charge in [0.1, 0.15) is 0 Å². The van der Waals surface area contributed by atoms with Crippen LogP contribution in [0.25, 0.3) is 83.7 Å². The zero-order valence-electron chi connectivity index (χ0n) is 33.7. The van der Waals surface area contributed by atoms with Crippen molar-refractivity contribution in [2.75, 3.05) is 0 Å². The Hall–Kier alpha value is -7.69. The van der Waals surface area contributed by atoms with Gasteiger partial charge in [-0.05, 0) is 100 Å². The van der Waals surface area contributed by atoms with E-state index in [9.17, 15) is 0 Å². The van der Waals surface area contributed by atoms with Crippen molar-refractivity contribution >= 4 is 33.0 Å². The summed E-state index contributed by atoms with van der Waals surface area (Å²) in [4.78, 5) is 15.2. The maximum Gasteiger partial charge on any atom is 0.164 e. The van der Waals surface area contributed by atoms with Gasteiger partial charge in [0.05, 0.1) is 11.0 Å². The van der Waals surface area contributed by atoms with Gasteiger partial charge >= 0.3 is 0 Å². The molecule has 0 saturated heterocycles. The number of fused-ring (bicyclic) bond motifs is 3. The van der Waals surface area contributed by atoms with Gasteiger partial charge in [-0.25, -0.2) is 15.0 Å². The summed E-state index contributed by atoms with van der Waals surface area (Å²) in [6.07, 6.45) is 16.3. The number of allylic oxidation sites excluding steroid dienone is 8. The van der Waals surface area contributed by atoms with E-state index in [-0.39, 0.29) is 5.92 Å². The van der Waals surface area contributed by atoms with Crippen LogP contribution in [0.4, 0.5) is 0 Å². The highest BCUT2D eigenvalue weighted by Gasteiger charge is 2.24. The van der Waals surface area contributed by atoms with E-state index in [0.29, 0.717) is 17.5 Å². The van der Waals surface area contributed by atoms with Crippen LogP contribution in [0.2, 0.25) is 0 Å². The van der Waals surface area contributed by atoms with Gasteiger partial charge in [0.25, 0.3) is 0 Å². The molecule has 11 rings (SSSR count). The van der Waals surface area contributed by atoms with Gasteiger partial charge < -0.3 is 4.57 Å². The lowest BCUT2D eigenvalue weighted by Gasteiger charge is -2.20. The second-order valence-electron chi connectivity index (χ2n) is 15.9. The molecule has 0 bridgehead atoms. The Bertz CT molecular complexity index is 3080. The van der Waals surface area contributed by atoms with E-state index >= 15 is 0 Å². The van der Waals surface area contributed by atoms with Crippen LogP contribution in [0.15, 0.2) is 212 Å². The van der Waals surface area contributed by atoms with Crippen LogP contribution in [-0.2, 0) is 0 Å². The molecule has 2 aromatic heterocycles. The molecule has 61 heavy (non-hydrogen) atoms. The molecule has 2 heterocycles. The molecular weight excluding hydrogens is 741 g/mol. The molecular formula is C57H42N4. The zero-order chi connectivity index (χ0) is 40.5. The summed E-state index contributed by atoms with van der Waals surface area (Å²) in [6, 6.07) is 62.9. The number of rotatable bonds is 8. The Kier molecular flexibility index (Phi) is 9.44. The highest BCUT2D eigenvalue weighted by Crippen LogP contribution is 2.43. The van der Waals surface area contributed by atoms with Gasteiger partial charge in [-0.2, -0.15) is 0 Å². The third-order valence-electron chi connectivity index (χ3n) is 12.1. The largest absolute Gasteiger partial charge is 0.309 e. The van der Waals surface area contributed by atoms with E-state index in [4.69, 9.17) is 15.0 Å². The topological polar surface area (TPSA) is 43.6 Å². The Balaban J connectivity index is 1.09. The minimum Gasteiger partial charge on any atom is -0.309 e. The Morgan fingerprint density at radius 1 is 0.443 bits per heavy atom. The first-order chi connectivity index (χ1) is 30.2. The minimum atomic E-state index is 0.0934. The smallest absolute Gasteiger partial charge is 0.164 e. The lowest BCUT2D eigenvalue weighted by molar-refractivity contribution is 0.861. The molecule has 0 radical (unpaired) electrons.